The second kappa shape index (κ2) is 10.6. The molecular weight excluding hydrogens is 482 g/mol. The molecule has 0 amide bonds. The molecule has 0 saturated heterocycles. The third kappa shape index (κ3) is 4.32. The summed E-state index contributed by atoms with van der Waals surface area (Å²) in [5.74, 6) is 0. The predicted molar refractivity (Wildman–Crippen MR) is 169 cm³/mol. The van der Waals surface area contributed by atoms with E-state index in [1.807, 2.05) is 0 Å². The minimum absolute atomic E-state index is 0.803. The van der Waals surface area contributed by atoms with Crippen LogP contribution in [0.15, 0.2) is 164 Å². The zero-order valence-electron chi connectivity index (χ0n) is 22.2. The summed E-state index contributed by atoms with van der Waals surface area (Å²) in [6.45, 7) is 0.803. The lowest BCUT2D eigenvalue weighted by molar-refractivity contribution is 0.838. The zero-order chi connectivity index (χ0) is 26.7. The van der Waals surface area contributed by atoms with E-state index in [2.05, 4.69) is 168 Å². The minimum Gasteiger partial charge on any atom is -0.343 e. The number of rotatable bonds is 6. The Morgan fingerprint density at radius 3 is 1.20 bits per heavy atom. The molecule has 1 heteroatoms. The molecule has 0 aliphatic carbocycles. The van der Waals surface area contributed by atoms with Crippen LogP contribution in [0.4, 0.5) is 0 Å². The molecule has 7 rings (SSSR count). The Bertz CT molecular complexity index is 1870. The highest BCUT2D eigenvalue weighted by molar-refractivity contribution is 6.17. The van der Waals surface area contributed by atoms with E-state index in [4.69, 9.17) is 0 Å². The molecule has 0 atom stereocenters. The van der Waals surface area contributed by atoms with Crippen LogP contribution < -0.4 is 0 Å². The first-order chi connectivity index (χ1) is 19.9. The Hall–Kier alpha value is -5.14. The monoisotopic (exact) mass is 511 g/mol. The van der Waals surface area contributed by atoms with E-state index < -0.39 is 0 Å². The van der Waals surface area contributed by atoms with Gasteiger partial charge in [0.1, 0.15) is 0 Å². The smallest absolute Gasteiger partial charge is 0.0576 e. The fraction of sp³-hybridized carbons (Fsp3) is 0.0256. The molecule has 40 heavy (non-hydrogen) atoms. The van der Waals surface area contributed by atoms with Crippen molar-refractivity contribution in [3.8, 4) is 44.5 Å². The van der Waals surface area contributed by atoms with Gasteiger partial charge in [-0.2, -0.15) is 0 Å². The van der Waals surface area contributed by atoms with Crippen LogP contribution in [0.1, 0.15) is 5.56 Å². The van der Waals surface area contributed by atoms with E-state index in [1.54, 1.807) is 0 Å². The molecule has 0 aliphatic rings. The number of fused-ring (bicyclic) bond motifs is 1. The second-order valence-electron chi connectivity index (χ2n) is 10.2. The molecule has 0 aliphatic heterocycles. The molecule has 7 aromatic rings. The van der Waals surface area contributed by atoms with Crippen LogP contribution in [0.5, 0.6) is 0 Å². The maximum Gasteiger partial charge on any atom is 0.0576 e. The first kappa shape index (κ1) is 23.9. The summed E-state index contributed by atoms with van der Waals surface area (Å²) < 4.78 is 2.43. The van der Waals surface area contributed by atoms with Crippen LogP contribution >= 0.6 is 0 Å². The number of aromatic nitrogens is 1. The predicted octanol–water partition coefficient (Wildman–Crippen LogP) is 10.4. The Kier molecular flexibility index (Phi) is 6.32. The third-order valence-electron chi connectivity index (χ3n) is 7.67. The van der Waals surface area contributed by atoms with Crippen molar-refractivity contribution in [3.63, 3.8) is 0 Å². The highest BCUT2D eigenvalue weighted by Gasteiger charge is 2.25. The summed E-state index contributed by atoms with van der Waals surface area (Å²) in [5.41, 5.74) is 12.5. The van der Waals surface area contributed by atoms with Gasteiger partial charge in [-0.3, -0.25) is 0 Å². The average molecular weight is 512 g/mol. The van der Waals surface area contributed by atoms with Crippen molar-refractivity contribution >= 4 is 10.9 Å². The highest BCUT2D eigenvalue weighted by Crippen LogP contribution is 2.51. The van der Waals surface area contributed by atoms with Gasteiger partial charge in [-0.05, 0) is 45.0 Å². The Balaban J connectivity index is 1.70. The van der Waals surface area contributed by atoms with E-state index in [0.717, 1.165) is 6.54 Å². The van der Waals surface area contributed by atoms with Crippen molar-refractivity contribution in [3.05, 3.63) is 169 Å². The summed E-state index contributed by atoms with van der Waals surface area (Å²) in [7, 11) is 0. The van der Waals surface area contributed by atoms with E-state index in [0.29, 0.717) is 0 Å². The lowest BCUT2D eigenvalue weighted by Crippen LogP contribution is -2.02. The Morgan fingerprint density at radius 1 is 0.350 bits per heavy atom. The fourth-order valence-electron chi connectivity index (χ4n) is 5.95. The molecule has 6 aromatic carbocycles. The van der Waals surface area contributed by atoms with Gasteiger partial charge in [-0.15, -0.1) is 0 Å². The topological polar surface area (TPSA) is 4.93 Å². The van der Waals surface area contributed by atoms with Crippen molar-refractivity contribution in [1.82, 2.24) is 4.57 Å². The summed E-state index contributed by atoms with van der Waals surface area (Å²) >= 11 is 0. The molecule has 0 spiro atoms. The van der Waals surface area contributed by atoms with Crippen LogP contribution in [0.2, 0.25) is 0 Å². The van der Waals surface area contributed by atoms with Crippen LogP contribution in [0.25, 0.3) is 55.4 Å². The third-order valence-corrected chi connectivity index (χ3v) is 7.67. The van der Waals surface area contributed by atoms with Crippen LogP contribution in [-0.2, 0) is 6.54 Å². The number of hydrogen-bond acceptors (Lipinski definition) is 0. The van der Waals surface area contributed by atoms with Crippen molar-refractivity contribution in [2.24, 2.45) is 0 Å². The maximum atomic E-state index is 2.43. The van der Waals surface area contributed by atoms with Crippen molar-refractivity contribution < 1.29 is 0 Å². The first-order valence-corrected chi connectivity index (χ1v) is 13.8. The van der Waals surface area contributed by atoms with Gasteiger partial charge in [0.2, 0.25) is 0 Å². The van der Waals surface area contributed by atoms with Gasteiger partial charge >= 0.3 is 0 Å². The van der Waals surface area contributed by atoms with Gasteiger partial charge in [0.25, 0.3) is 0 Å². The molecule has 0 saturated carbocycles. The standard InChI is InChI=1S/C39H29N/c1-6-16-29(17-7-1)28-40-27-26-34-35(30-18-8-2-9-19-30)36(31-20-10-3-11-21-31)37(32-22-12-4-13-23-32)38(39(34)40)33-24-14-5-15-25-33/h1-27H,28H2. The molecule has 0 bridgehead atoms. The highest BCUT2D eigenvalue weighted by atomic mass is 15.0. The summed E-state index contributed by atoms with van der Waals surface area (Å²) in [5, 5.41) is 1.26. The Labute approximate surface area is 235 Å². The molecule has 0 N–H and O–H groups in total. The molecular formula is C39H29N. The Morgan fingerprint density at radius 2 is 0.725 bits per heavy atom. The molecule has 1 heterocycles. The van der Waals surface area contributed by atoms with E-state index in [1.165, 1.54) is 61.0 Å². The maximum absolute atomic E-state index is 2.43. The first-order valence-electron chi connectivity index (χ1n) is 13.8. The van der Waals surface area contributed by atoms with E-state index in [-0.39, 0.29) is 0 Å². The zero-order valence-corrected chi connectivity index (χ0v) is 22.2. The number of benzene rings is 6. The van der Waals surface area contributed by atoms with Gasteiger partial charge in [-0.25, -0.2) is 0 Å². The molecule has 0 fully saturated rings. The summed E-state index contributed by atoms with van der Waals surface area (Å²) in [6, 6.07) is 56.6. The van der Waals surface area contributed by atoms with Gasteiger partial charge in [0.15, 0.2) is 0 Å². The van der Waals surface area contributed by atoms with E-state index >= 15 is 0 Å². The van der Waals surface area contributed by atoms with Crippen LogP contribution in [0.3, 0.4) is 0 Å². The molecule has 0 radical (unpaired) electrons. The van der Waals surface area contributed by atoms with Gasteiger partial charge < -0.3 is 4.57 Å². The van der Waals surface area contributed by atoms with Crippen molar-refractivity contribution in [1.29, 1.82) is 0 Å². The minimum atomic E-state index is 0.803. The average Bonchev–Trinajstić information content (AvgIpc) is 3.45. The summed E-state index contributed by atoms with van der Waals surface area (Å²) in [6.07, 6.45) is 2.26. The van der Waals surface area contributed by atoms with Crippen molar-refractivity contribution in [2.45, 2.75) is 6.54 Å². The quantitative estimate of drug-likeness (QED) is 0.209. The van der Waals surface area contributed by atoms with Gasteiger partial charge in [-0.1, -0.05) is 152 Å². The largest absolute Gasteiger partial charge is 0.343 e. The molecule has 0 unspecified atom stereocenters. The lowest BCUT2D eigenvalue weighted by atomic mass is 9.80. The van der Waals surface area contributed by atoms with E-state index in [9.17, 15) is 0 Å². The fourth-order valence-corrected chi connectivity index (χ4v) is 5.95. The molecule has 1 nitrogen and oxygen atoms in total. The molecule has 190 valence electrons. The SMILES string of the molecule is c1ccc(Cn2ccc3c(-c4ccccc4)c(-c4ccccc4)c(-c4ccccc4)c(-c4ccccc4)c32)cc1. The van der Waals surface area contributed by atoms with Gasteiger partial charge in [0, 0.05) is 29.3 Å². The second-order valence-corrected chi connectivity index (χ2v) is 10.2. The van der Waals surface area contributed by atoms with Crippen LogP contribution in [-0.4, -0.2) is 4.57 Å². The van der Waals surface area contributed by atoms with Gasteiger partial charge in [0.05, 0.1) is 5.52 Å². The normalized spacial score (nSPS) is 11.1. The van der Waals surface area contributed by atoms with Crippen LogP contribution in [0, 0.1) is 0 Å². The molecule has 1 aromatic heterocycles. The van der Waals surface area contributed by atoms with Crippen molar-refractivity contribution in [2.75, 3.05) is 0 Å². The number of hydrogen-bond donors (Lipinski definition) is 0. The number of nitrogens with zero attached hydrogens (tertiary/aromatic N) is 1. The lowest BCUT2D eigenvalue weighted by Gasteiger charge is -2.24. The summed E-state index contributed by atoms with van der Waals surface area (Å²) in [4.78, 5) is 0.